The average molecular weight is 257 g/mol. The molecule has 0 aromatic carbocycles. The molecule has 2 atom stereocenters. The number of rotatable bonds is 6. The molecule has 0 radical (unpaired) electrons. The van der Waals surface area contributed by atoms with E-state index in [9.17, 15) is 14.4 Å². The van der Waals surface area contributed by atoms with Crippen LogP contribution in [0.5, 0.6) is 0 Å². The molecule has 1 aliphatic rings. The lowest BCUT2D eigenvalue weighted by atomic mass is 10.0. The summed E-state index contributed by atoms with van der Waals surface area (Å²) in [5.41, 5.74) is 10.6. The molecule has 7 heteroatoms. The summed E-state index contributed by atoms with van der Waals surface area (Å²) in [6.07, 6.45) is 1.29. The van der Waals surface area contributed by atoms with Crippen LogP contribution in [-0.4, -0.2) is 46.9 Å². The highest BCUT2D eigenvalue weighted by Crippen LogP contribution is 2.21. The Kier molecular flexibility index (Phi) is 5.08. The topological polar surface area (TPSA) is 127 Å². The zero-order valence-corrected chi connectivity index (χ0v) is 10.2. The molecule has 0 aromatic heterocycles. The minimum Gasteiger partial charge on any atom is -0.481 e. The van der Waals surface area contributed by atoms with E-state index in [1.807, 2.05) is 0 Å². The van der Waals surface area contributed by atoms with Crippen molar-refractivity contribution in [2.75, 3.05) is 13.1 Å². The van der Waals surface area contributed by atoms with E-state index in [-0.39, 0.29) is 24.7 Å². The third-order valence-corrected chi connectivity index (χ3v) is 3.10. The zero-order valence-electron chi connectivity index (χ0n) is 10.2. The van der Waals surface area contributed by atoms with Crippen LogP contribution in [0.1, 0.15) is 25.7 Å². The highest BCUT2D eigenvalue weighted by molar-refractivity contribution is 5.87. The summed E-state index contributed by atoms with van der Waals surface area (Å²) in [7, 11) is 0. The lowest BCUT2D eigenvalue weighted by molar-refractivity contribution is -0.137. The number of hydrogen-bond donors (Lipinski definition) is 3. The number of carbonyl (C=O) groups is 3. The first-order valence-electron chi connectivity index (χ1n) is 5.94. The largest absolute Gasteiger partial charge is 0.481 e. The van der Waals surface area contributed by atoms with E-state index >= 15 is 0 Å². The Balaban J connectivity index is 2.38. The quantitative estimate of drug-likeness (QED) is 0.556. The number of carbonyl (C=O) groups excluding carboxylic acids is 2. The van der Waals surface area contributed by atoms with Crippen LogP contribution in [0.4, 0.5) is 0 Å². The molecule has 1 fully saturated rings. The van der Waals surface area contributed by atoms with E-state index < -0.39 is 17.9 Å². The van der Waals surface area contributed by atoms with E-state index in [1.165, 1.54) is 0 Å². The highest BCUT2D eigenvalue weighted by Gasteiger charge is 2.29. The van der Waals surface area contributed by atoms with Crippen molar-refractivity contribution in [2.24, 2.45) is 17.4 Å². The molecule has 1 aliphatic heterocycles. The molecule has 0 saturated carbocycles. The van der Waals surface area contributed by atoms with E-state index in [2.05, 4.69) is 0 Å². The van der Waals surface area contributed by atoms with Gasteiger partial charge in [-0.15, -0.1) is 0 Å². The number of hydrogen-bond acceptors (Lipinski definition) is 4. The van der Waals surface area contributed by atoms with E-state index in [0.29, 0.717) is 19.5 Å². The van der Waals surface area contributed by atoms with Crippen LogP contribution in [0.25, 0.3) is 0 Å². The Bertz CT molecular complexity index is 345. The molecule has 1 rings (SSSR count). The summed E-state index contributed by atoms with van der Waals surface area (Å²) in [5.74, 6) is -1.51. The van der Waals surface area contributed by atoms with Crippen molar-refractivity contribution in [3.63, 3.8) is 0 Å². The first-order valence-corrected chi connectivity index (χ1v) is 5.94. The van der Waals surface area contributed by atoms with Crippen LogP contribution in [-0.2, 0) is 14.4 Å². The summed E-state index contributed by atoms with van der Waals surface area (Å²) >= 11 is 0. The van der Waals surface area contributed by atoms with Gasteiger partial charge in [0.05, 0.1) is 12.5 Å². The third kappa shape index (κ3) is 4.33. The number of aliphatic carboxylic acids is 1. The van der Waals surface area contributed by atoms with Gasteiger partial charge in [0, 0.05) is 19.5 Å². The molecular formula is C11H19N3O4. The smallest absolute Gasteiger partial charge is 0.303 e. The van der Waals surface area contributed by atoms with Gasteiger partial charge in [0.2, 0.25) is 11.8 Å². The third-order valence-electron chi connectivity index (χ3n) is 3.10. The Morgan fingerprint density at radius 3 is 2.61 bits per heavy atom. The molecule has 18 heavy (non-hydrogen) atoms. The minimum absolute atomic E-state index is 0.111. The van der Waals surface area contributed by atoms with Crippen molar-refractivity contribution in [3.8, 4) is 0 Å². The van der Waals surface area contributed by atoms with Gasteiger partial charge in [0.25, 0.3) is 0 Å². The van der Waals surface area contributed by atoms with Crippen LogP contribution in [0.2, 0.25) is 0 Å². The minimum atomic E-state index is -0.888. The van der Waals surface area contributed by atoms with Gasteiger partial charge in [-0.2, -0.15) is 0 Å². The van der Waals surface area contributed by atoms with Gasteiger partial charge in [0.15, 0.2) is 0 Å². The molecule has 1 heterocycles. The van der Waals surface area contributed by atoms with Crippen LogP contribution < -0.4 is 11.5 Å². The predicted molar refractivity (Wildman–Crippen MR) is 63.3 cm³/mol. The Morgan fingerprint density at radius 2 is 2.06 bits per heavy atom. The normalized spacial score (nSPS) is 20.7. The fraction of sp³-hybridized carbons (Fsp3) is 0.727. The number of amides is 2. The molecule has 0 aliphatic carbocycles. The van der Waals surface area contributed by atoms with Crippen molar-refractivity contribution in [1.82, 2.24) is 4.90 Å². The van der Waals surface area contributed by atoms with E-state index in [1.54, 1.807) is 4.90 Å². The summed E-state index contributed by atoms with van der Waals surface area (Å²) in [6.45, 7) is 1.08. The molecule has 0 bridgehead atoms. The molecule has 0 spiro atoms. The number of nitrogens with two attached hydrogens (primary N) is 2. The number of carboxylic acid groups (broad SMARTS) is 1. The first kappa shape index (κ1) is 14.4. The monoisotopic (exact) mass is 257 g/mol. The summed E-state index contributed by atoms with van der Waals surface area (Å²) in [4.78, 5) is 34.6. The fourth-order valence-corrected chi connectivity index (χ4v) is 2.13. The van der Waals surface area contributed by atoms with Crippen LogP contribution >= 0.6 is 0 Å². The van der Waals surface area contributed by atoms with Crippen molar-refractivity contribution in [1.29, 1.82) is 0 Å². The van der Waals surface area contributed by atoms with E-state index in [4.69, 9.17) is 16.6 Å². The van der Waals surface area contributed by atoms with Gasteiger partial charge in [-0.3, -0.25) is 14.4 Å². The van der Waals surface area contributed by atoms with Crippen LogP contribution in [0, 0.1) is 5.92 Å². The standard InChI is InChI=1S/C11H19N3O4/c12-8(5-9(13)15)11(18)14-4-3-7(6-14)1-2-10(16)17/h7-8H,1-6,12H2,(H2,13,15)(H,16,17). The van der Waals surface area contributed by atoms with Gasteiger partial charge in [-0.05, 0) is 18.8 Å². The average Bonchev–Trinajstić information content (AvgIpc) is 2.72. The summed E-state index contributed by atoms with van der Waals surface area (Å²) in [6, 6.07) is -0.888. The summed E-state index contributed by atoms with van der Waals surface area (Å²) in [5, 5.41) is 8.58. The maximum absolute atomic E-state index is 11.8. The molecule has 5 N–H and O–H groups in total. The highest BCUT2D eigenvalue weighted by atomic mass is 16.4. The molecule has 0 aromatic rings. The molecule has 2 amide bonds. The number of carboxylic acids is 1. The number of primary amides is 1. The molecule has 7 nitrogen and oxygen atoms in total. The zero-order chi connectivity index (χ0) is 13.7. The van der Waals surface area contributed by atoms with Gasteiger partial charge >= 0.3 is 5.97 Å². The van der Waals surface area contributed by atoms with E-state index in [0.717, 1.165) is 6.42 Å². The summed E-state index contributed by atoms with van der Waals surface area (Å²) < 4.78 is 0. The number of nitrogens with zero attached hydrogens (tertiary/aromatic N) is 1. The van der Waals surface area contributed by atoms with Gasteiger partial charge in [0.1, 0.15) is 0 Å². The Labute approximate surface area is 105 Å². The Hall–Kier alpha value is -1.63. The number of likely N-dealkylation sites (tertiary alicyclic amines) is 1. The van der Waals surface area contributed by atoms with Gasteiger partial charge in [-0.25, -0.2) is 0 Å². The maximum atomic E-state index is 11.8. The molecule has 102 valence electrons. The fourth-order valence-electron chi connectivity index (χ4n) is 2.13. The van der Waals surface area contributed by atoms with Crippen molar-refractivity contribution < 1.29 is 19.5 Å². The first-order chi connectivity index (χ1) is 8.40. The van der Waals surface area contributed by atoms with Crippen molar-refractivity contribution in [2.45, 2.75) is 31.7 Å². The molecule has 2 unspecified atom stereocenters. The second-order valence-corrected chi connectivity index (χ2v) is 4.65. The lowest BCUT2D eigenvalue weighted by Crippen LogP contribution is -2.44. The van der Waals surface area contributed by atoms with Gasteiger partial charge in [-0.1, -0.05) is 0 Å². The maximum Gasteiger partial charge on any atom is 0.303 e. The molecular weight excluding hydrogens is 238 g/mol. The van der Waals surface area contributed by atoms with Crippen molar-refractivity contribution >= 4 is 17.8 Å². The predicted octanol–water partition coefficient (Wildman–Crippen LogP) is -1.10. The SMILES string of the molecule is NC(=O)CC(N)C(=O)N1CCC(CCC(=O)O)C1. The van der Waals surface area contributed by atoms with Crippen molar-refractivity contribution in [3.05, 3.63) is 0 Å². The second kappa shape index (κ2) is 6.34. The second-order valence-electron chi connectivity index (χ2n) is 4.65. The van der Waals surface area contributed by atoms with Crippen LogP contribution in [0.15, 0.2) is 0 Å². The lowest BCUT2D eigenvalue weighted by Gasteiger charge is -2.20. The molecule has 1 saturated heterocycles. The van der Waals surface area contributed by atoms with Crippen LogP contribution in [0.3, 0.4) is 0 Å². The van der Waals surface area contributed by atoms with Gasteiger partial charge < -0.3 is 21.5 Å². The Morgan fingerprint density at radius 1 is 1.39 bits per heavy atom.